The quantitative estimate of drug-likeness (QED) is 0.791. The fourth-order valence-corrected chi connectivity index (χ4v) is 2.93. The average molecular weight is 245 g/mol. The minimum atomic E-state index is -0.319. The van der Waals surface area contributed by atoms with Crippen LogP contribution in [0.25, 0.3) is 0 Å². The Balaban J connectivity index is 2.24. The number of nitrogens with zero attached hydrogens (tertiary/aromatic N) is 1. The van der Waals surface area contributed by atoms with Gasteiger partial charge in [-0.15, -0.1) is 0 Å². The Kier molecular flexibility index (Phi) is 3.47. The highest BCUT2D eigenvalue weighted by atomic mass is 16.2. The molecule has 0 fully saturated rings. The van der Waals surface area contributed by atoms with Crippen LogP contribution >= 0.6 is 0 Å². The van der Waals surface area contributed by atoms with Crippen molar-refractivity contribution in [3.8, 4) is 0 Å². The minimum Gasteiger partial charge on any atom is -0.314 e. The molecular weight excluding hydrogens is 222 g/mol. The molecule has 0 unspecified atom stereocenters. The number of fused-ring (bicyclic) bond motifs is 1. The summed E-state index contributed by atoms with van der Waals surface area (Å²) in [6, 6.07) is 8.18. The molecule has 0 bridgehead atoms. The van der Waals surface area contributed by atoms with E-state index in [0.29, 0.717) is 5.92 Å². The van der Waals surface area contributed by atoms with Crippen LogP contribution in [0.4, 0.5) is 5.69 Å². The van der Waals surface area contributed by atoms with E-state index in [9.17, 15) is 4.79 Å². The molecule has 1 atom stereocenters. The smallest absolute Gasteiger partial charge is 0.237 e. The van der Waals surface area contributed by atoms with E-state index in [1.165, 1.54) is 12.0 Å². The number of amides is 1. The second-order valence-corrected chi connectivity index (χ2v) is 6.00. The van der Waals surface area contributed by atoms with E-state index in [1.54, 1.807) is 0 Å². The average Bonchev–Trinajstić information content (AvgIpc) is 2.53. The van der Waals surface area contributed by atoms with Gasteiger partial charge in [-0.25, -0.2) is 0 Å². The van der Waals surface area contributed by atoms with Crippen molar-refractivity contribution >= 4 is 11.6 Å². The van der Waals surface area contributed by atoms with Crippen LogP contribution in [-0.2, 0) is 10.2 Å². The molecule has 2 rings (SSSR count). The molecule has 0 saturated heterocycles. The molecule has 1 aromatic rings. The molecule has 0 saturated carbocycles. The molecule has 1 aromatic carbocycles. The zero-order chi connectivity index (χ0) is 13.3. The van der Waals surface area contributed by atoms with Crippen LogP contribution in [0.2, 0.25) is 0 Å². The van der Waals surface area contributed by atoms with E-state index in [4.69, 9.17) is 0 Å². The van der Waals surface area contributed by atoms with Crippen molar-refractivity contribution in [1.82, 2.24) is 0 Å². The maximum absolute atomic E-state index is 12.5. The summed E-state index contributed by atoms with van der Waals surface area (Å²) in [5.74, 6) is 0.950. The van der Waals surface area contributed by atoms with Gasteiger partial charge in [-0.1, -0.05) is 44.9 Å². The van der Waals surface area contributed by atoms with Crippen LogP contribution < -0.4 is 4.90 Å². The molecule has 0 spiro atoms. The molecule has 98 valence electrons. The molecule has 2 nitrogen and oxygen atoms in total. The normalized spacial score (nSPS) is 22.7. The van der Waals surface area contributed by atoms with Crippen molar-refractivity contribution in [3.05, 3.63) is 29.8 Å². The summed E-state index contributed by atoms with van der Waals surface area (Å²) in [7, 11) is 1.88. The Hall–Kier alpha value is -1.31. The summed E-state index contributed by atoms with van der Waals surface area (Å²) < 4.78 is 0. The highest BCUT2D eigenvalue weighted by Gasteiger charge is 2.44. The highest BCUT2D eigenvalue weighted by Crippen LogP contribution is 2.43. The zero-order valence-electron chi connectivity index (χ0n) is 11.9. The van der Waals surface area contributed by atoms with Crippen LogP contribution in [-0.4, -0.2) is 13.0 Å². The first-order valence-corrected chi connectivity index (χ1v) is 6.84. The summed E-state index contributed by atoms with van der Waals surface area (Å²) in [5.41, 5.74) is 1.95. The maximum Gasteiger partial charge on any atom is 0.237 e. The van der Waals surface area contributed by atoms with Gasteiger partial charge in [0.05, 0.1) is 5.41 Å². The van der Waals surface area contributed by atoms with Crippen molar-refractivity contribution in [1.29, 1.82) is 0 Å². The van der Waals surface area contributed by atoms with Crippen molar-refractivity contribution < 1.29 is 4.79 Å². The molecule has 0 aromatic heterocycles. The van der Waals surface area contributed by atoms with Gasteiger partial charge in [0.1, 0.15) is 0 Å². The van der Waals surface area contributed by atoms with Gasteiger partial charge in [-0.2, -0.15) is 0 Å². The molecule has 1 amide bonds. The molecule has 0 aliphatic carbocycles. The molecule has 1 aliphatic rings. The maximum atomic E-state index is 12.5. The first-order chi connectivity index (χ1) is 8.47. The van der Waals surface area contributed by atoms with Crippen molar-refractivity contribution in [3.63, 3.8) is 0 Å². The number of benzene rings is 1. The SMILES string of the molecule is CC(C)CCC[C@]1(C)C(=O)N(C)c2ccccc21. The first-order valence-electron chi connectivity index (χ1n) is 6.84. The predicted octanol–water partition coefficient (Wildman–Crippen LogP) is 3.75. The summed E-state index contributed by atoms with van der Waals surface area (Å²) in [6.45, 7) is 6.57. The lowest BCUT2D eigenvalue weighted by Gasteiger charge is -2.23. The van der Waals surface area contributed by atoms with Gasteiger partial charge in [0, 0.05) is 12.7 Å². The second-order valence-electron chi connectivity index (χ2n) is 6.00. The number of para-hydroxylation sites is 1. The van der Waals surface area contributed by atoms with Crippen LogP contribution in [0.15, 0.2) is 24.3 Å². The van der Waals surface area contributed by atoms with Crippen molar-refractivity contribution in [2.75, 3.05) is 11.9 Å². The Morgan fingerprint density at radius 3 is 2.61 bits per heavy atom. The summed E-state index contributed by atoms with van der Waals surface area (Å²) in [4.78, 5) is 14.3. The topological polar surface area (TPSA) is 20.3 Å². The first kappa shape index (κ1) is 13.1. The van der Waals surface area contributed by atoms with Crippen LogP contribution in [0.5, 0.6) is 0 Å². The lowest BCUT2D eigenvalue weighted by Crippen LogP contribution is -2.36. The molecule has 0 radical (unpaired) electrons. The fourth-order valence-electron chi connectivity index (χ4n) is 2.93. The van der Waals surface area contributed by atoms with E-state index in [0.717, 1.165) is 18.5 Å². The fraction of sp³-hybridized carbons (Fsp3) is 0.562. The largest absolute Gasteiger partial charge is 0.314 e. The van der Waals surface area contributed by atoms with Gasteiger partial charge in [0.2, 0.25) is 5.91 Å². The van der Waals surface area contributed by atoms with Crippen molar-refractivity contribution in [2.45, 2.75) is 45.4 Å². The lowest BCUT2D eigenvalue weighted by molar-refractivity contribution is -0.122. The number of likely N-dealkylation sites (N-methyl/N-ethyl adjacent to an activating group) is 1. The Morgan fingerprint density at radius 2 is 1.94 bits per heavy atom. The number of anilines is 1. The number of hydrogen-bond donors (Lipinski definition) is 0. The van der Waals surface area contributed by atoms with Crippen LogP contribution in [0.1, 0.15) is 45.6 Å². The number of hydrogen-bond acceptors (Lipinski definition) is 1. The van der Waals surface area contributed by atoms with E-state index >= 15 is 0 Å². The zero-order valence-corrected chi connectivity index (χ0v) is 11.9. The van der Waals surface area contributed by atoms with Crippen LogP contribution in [0.3, 0.4) is 0 Å². The van der Waals surface area contributed by atoms with E-state index in [1.807, 2.05) is 30.1 Å². The number of carbonyl (C=O) groups excluding carboxylic acids is 1. The number of rotatable bonds is 4. The monoisotopic (exact) mass is 245 g/mol. The third-order valence-corrected chi connectivity index (χ3v) is 4.09. The molecule has 2 heteroatoms. The van der Waals surface area contributed by atoms with Gasteiger partial charge in [-0.05, 0) is 30.9 Å². The molecule has 0 N–H and O–H groups in total. The molecule has 1 heterocycles. The van der Waals surface area contributed by atoms with Crippen molar-refractivity contribution in [2.24, 2.45) is 5.92 Å². The molecule has 1 aliphatic heterocycles. The highest BCUT2D eigenvalue weighted by molar-refractivity contribution is 6.07. The third kappa shape index (κ3) is 2.05. The minimum absolute atomic E-state index is 0.243. The predicted molar refractivity (Wildman–Crippen MR) is 75.9 cm³/mol. The van der Waals surface area contributed by atoms with Gasteiger partial charge in [0.25, 0.3) is 0 Å². The molecule has 18 heavy (non-hydrogen) atoms. The Morgan fingerprint density at radius 1 is 1.28 bits per heavy atom. The lowest BCUT2D eigenvalue weighted by atomic mass is 9.79. The van der Waals surface area contributed by atoms with E-state index in [2.05, 4.69) is 26.8 Å². The van der Waals surface area contributed by atoms with Gasteiger partial charge < -0.3 is 4.90 Å². The van der Waals surface area contributed by atoms with Gasteiger partial charge >= 0.3 is 0 Å². The van der Waals surface area contributed by atoms with E-state index in [-0.39, 0.29) is 11.3 Å². The Bertz CT molecular complexity index is 452. The number of carbonyl (C=O) groups is 1. The Labute approximate surface area is 110 Å². The standard InChI is InChI=1S/C16H23NO/c1-12(2)8-7-11-16(3)13-9-5-6-10-14(13)17(4)15(16)18/h5-6,9-10,12H,7-8,11H2,1-4H3/t16-/m0/s1. The molecular formula is C16H23NO. The summed E-state index contributed by atoms with van der Waals surface area (Å²) in [6.07, 6.45) is 3.25. The van der Waals surface area contributed by atoms with Gasteiger partial charge in [-0.3, -0.25) is 4.79 Å². The van der Waals surface area contributed by atoms with Gasteiger partial charge in [0.15, 0.2) is 0 Å². The third-order valence-electron chi connectivity index (χ3n) is 4.09. The van der Waals surface area contributed by atoms with E-state index < -0.39 is 0 Å². The second kappa shape index (κ2) is 4.75. The van der Waals surface area contributed by atoms with Crippen LogP contribution in [0, 0.1) is 5.92 Å². The summed E-state index contributed by atoms with van der Waals surface area (Å²) in [5, 5.41) is 0. The summed E-state index contributed by atoms with van der Waals surface area (Å²) >= 11 is 0.